The van der Waals surface area contributed by atoms with Crippen LogP contribution in [0.1, 0.15) is 58.8 Å². The minimum absolute atomic E-state index is 0.134. The van der Waals surface area contributed by atoms with E-state index in [-0.39, 0.29) is 11.1 Å². The lowest BCUT2D eigenvalue weighted by molar-refractivity contribution is -0.172. The van der Waals surface area contributed by atoms with Crippen molar-refractivity contribution in [3.8, 4) is 0 Å². The van der Waals surface area contributed by atoms with Gasteiger partial charge < -0.3 is 15.2 Å². The highest BCUT2D eigenvalue weighted by Crippen LogP contribution is 2.43. The van der Waals surface area contributed by atoms with Crippen LogP contribution in [-0.2, 0) is 9.47 Å². The number of rotatable bonds is 5. The highest BCUT2D eigenvalue weighted by Gasteiger charge is 2.43. The minimum Gasteiger partial charge on any atom is -0.376 e. The molecule has 3 nitrogen and oxygen atoms in total. The van der Waals surface area contributed by atoms with E-state index in [1.807, 2.05) is 0 Å². The molecule has 1 saturated heterocycles. The molecule has 2 rings (SSSR count). The van der Waals surface area contributed by atoms with E-state index in [1.54, 1.807) is 0 Å². The van der Waals surface area contributed by atoms with Crippen molar-refractivity contribution in [1.29, 1.82) is 0 Å². The summed E-state index contributed by atoms with van der Waals surface area (Å²) in [5.41, 5.74) is 6.32. The van der Waals surface area contributed by atoms with Crippen LogP contribution in [0.25, 0.3) is 0 Å². The van der Waals surface area contributed by atoms with Gasteiger partial charge in [0.05, 0.1) is 18.3 Å². The molecule has 2 aliphatic rings. The van der Waals surface area contributed by atoms with E-state index in [4.69, 9.17) is 15.2 Å². The van der Waals surface area contributed by atoms with Crippen molar-refractivity contribution in [3.05, 3.63) is 0 Å². The summed E-state index contributed by atoms with van der Waals surface area (Å²) in [6.07, 6.45) is 8.21. The van der Waals surface area contributed by atoms with Crippen molar-refractivity contribution in [1.82, 2.24) is 0 Å². The maximum atomic E-state index is 6.27. The summed E-state index contributed by atoms with van der Waals surface area (Å²) in [7, 11) is 0. The lowest BCUT2D eigenvalue weighted by Gasteiger charge is -2.47. The fourth-order valence-electron chi connectivity index (χ4n) is 2.78. The summed E-state index contributed by atoms with van der Waals surface area (Å²) in [4.78, 5) is 0. The highest BCUT2D eigenvalue weighted by molar-refractivity contribution is 4.94. The number of hydrogen-bond donors (Lipinski definition) is 1. The maximum absolute atomic E-state index is 6.27. The quantitative estimate of drug-likeness (QED) is 0.804. The summed E-state index contributed by atoms with van der Waals surface area (Å²) in [5.74, 6) is 0. The zero-order valence-corrected chi connectivity index (χ0v) is 11.3. The summed E-state index contributed by atoms with van der Waals surface area (Å²) >= 11 is 0. The fourth-order valence-corrected chi connectivity index (χ4v) is 2.78. The molecule has 1 aliphatic heterocycles. The van der Waals surface area contributed by atoms with Crippen LogP contribution in [0, 0.1) is 0 Å². The van der Waals surface area contributed by atoms with Crippen LogP contribution < -0.4 is 5.73 Å². The average molecular weight is 241 g/mol. The molecule has 17 heavy (non-hydrogen) atoms. The van der Waals surface area contributed by atoms with Crippen molar-refractivity contribution in [2.75, 3.05) is 13.2 Å². The third-order valence-corrected chi connectivity index (χ3v) is 4.73. The molecular formula is C14H27NO2. The van der Waals surface area contributed by atoms with Crippen LogP contribution in [0.15, 0.2) is 0 Å². The van der Waals surface area contributed by atoms with Crippen LogP contribution in [0.5, 0.6) is 0 Å². The van der Waals surface area contributed by atoms with Crippen molar-refractivity contribution < 1.29 is 9.47 Å². The first-order valence-corrected chi connectivity index (χ1v) is 7.16. The molecule has 1 heterocycles. The van der Waals surface area contributed by atoms with E-state index in [0.29, 0.717) is 12.7 Å². The molecule has 3 heteroatoms. The third-order valence-electron chi connectivity index (χ3n) is 4.73. The lowest BCUT2D eigenvalue weighted by atomic mass is 9.74. The van der Waals surface area contributed by atoms with Gasteiger partial charge in [-0.3, -0.25) is 0 Å². The van der Waals surface area contributed by atoms with Gasteiger partial charge in [0.25, 0.3) is 0 Å². The SMILES string of the molecule is CCC(N)(CC)COC1CCOC2(CCC2)C1. The molecule has 0 bridgehead atoms. The van der Waals surface area contributed by atoms with Crippen molar-refractivity contribution >= 4 is 0 Å². The van der Waals surface area contributed by atoms with Gasteiger partial charge in [-0.15, -0.1) is 0 Å². The molecule has 1 saturated carbocycles. The van der Waals surface area contributed by atoms with E-state index in [0.717, 1.165) is 32.3 Å². The largest absolute Gasteiger partial charge is 0.376 e. The lowest BCUT2D eigenvalue weighted by Crippen LogP contribution is -2.50. The van der Waals surface area contributed by atoms with Crippen molar-refractivity contribution in [2.24, 2.45) is 5.73 Å². The fraction of sp³-hybridized carbons (Fsp3) is 1.00. The summed E-state index contributed by atoms with van der Waals surface area (Å²) in [5, 5.41) is 0. The van der Waals surface area contributed by atoms with Gasteiger partial charge in [-0.25, -0.2) is 0 Å². The number of hydrogen-bond acceptors (Lipinski definition) is 3. The van der Waals surface area contributed by atoms with Gasteiger partial charge in [0.1, 0.15) is 0 Å². The van der Waals surface area contributed by atoms with E-state index < -0.39 is 0 Å². The Balaban J connectivity index is 1.79. The Labute approximate surface area is 105 Å². The highest BCUT2D eigenvalue weighted by atomic mass is 16.5. The molecule has 2 fully saturated rings. The monoisotopic (exact) mass is 241 g/mol. The van der Waals surface area contributed by atoms with Gasteiger partial charge in [-0.2, -0.15) is 0 Å². The Hall–Kier alpha value is -0.120. The standard InChI is InChI=1S/C14H27NO2/c1-3-13(15,4-2)11-16-12-6-9-17-14(10-12)7-5-8-14/h12H,3-11,15H2,1-2H3. The van der Waals surface area contributed by atoms with Crippen LogP contribution in [0.4, 0.5) is 0 Å². The number of nitrogens with two attached hydrogens (primary N) is 1. The molecule has 0 aromatic heterocycles. The van der Waals surface area contributed by atoms with E-state index in [9.17, 15) is 0 Å². The minimum atomic E-state index is -0.134. The zero-order valence-electron chi connectivity index (χ0n) is 11.3. The maximum Gasteiger partial charge on any atom is 0.0707 e. The summed E-state index contributed by atoms with van der Waals surface area (Å²) in [6.45, 7) is 5.84. The average Bonchev–Trinajstić information content (AvgIpc) is 2.34. The van der Waals surface area contributed by atoms with Gasteiger partial charge in [0, 0.05) is 18.6 Å². The zero-order chi connectivity index (χ0) is 12.4. The van der Waals surface area contributed by atoms with E-state index in [1.165, 1.54) is 19.3 Å². The second-order valence-corrected chi connectivity index (χ2v) is 5.88. The van der Waals surface area contributed by atoms with E-state index >= 15 is 0 Å². The Bertz CT molecular complexity index is 247. The summed E-state index contributed by atoms with van der Waals surface area (Å²) in [6, 6.07) is 0. The Morgan fingerprint density at radius 1 is 1.35 bits per heavy atom. The predicted octanol–water partition coefficient (Wildman–Crippen LogP) is 2.62. The van der Waals surface area contributed by atoms with Crippen molar-refractivity contribution in [3.63, 3.8) is 0 Å². The predicted molar refractivity (Wildman–Crippen MR) is 69.0 cm³/mol. The molecule has 0 amide bonds. The molecule has 1 atom stereocenters. The summed E-state index contributed by atoms with van der Waals surface area (Å²) < 4.78 is 12.0. The Kier molecular flexibility index (Phi) is 4.11. The Morgan fingerprint density at radius 2 is 2.06 bits per heavy atom. The second kappa shape index (κ2) is 5.25. The van der Waals surface area contributed by atoms with Gasteiger partial charge in [-0.05, 0) is 38.5 Å². The van der Waals surface area contributed by atoms with Gasteiger partial charge >= 0.3 is 0 Å². The molecule has 100 valence electrons. The molecule has 0 aromatic rings. The molecule has 0 aromatic carbocycles. The first-order valence-electron chi connectivity index (χ1n) is 7.16. The van der Waals surface area contributed by atoms with Crippen molar-refractivity contribution in [2.45, 2.75) is 76.0 Å². The molecule has 1 aliphatic carbocycles. The third kappa shape index (κ3) is 3.01. The normalized spacial score (nSPS) is 28.1. The first-order chi connectivity index (χ1) is 8.11. The molecule has 2 N–H and O–H groups in total. The van der Waals surface area contributed by atoms with Gasteiger partial charge in [-0.1, -0.05) is 13.8 Å². The Morgan fingerprint density at radius 3 is 2.59 bits per heavy atom. The molecule has 1 unspecified atom stereocenters. The topological polar surface area (TPSA) is 44.5 Å². The smallest absolute Gasteiger partial charge is 0.0707 e. The van der Waals surface area contributed by atoms with E-state index in [2.05, 4.69) is 13.8 Å². The molecule has 0 radical (unpaired) electrons. The van der Waals surface area contributed by atoms with Crippen LogP contribution in [0.3, 0.4) is 0 Å². The molecular weight excluding hydrogens is 214 g/mol. The second-order valence-electron chi connectivity index (χ2n) is 5.88. The van der Waals surface area contributed by atoms with Gasteiger partial charge in [0.2, 0.25) is 0 Å². The molecule has 1 spiro atoms. The van der Waals surface area contributed by atoms with Gasteiger partial charge in [0.15, 0.2) is 0 Å². The van der Waals surface area contributed by atoms with Crippen LogP contribution in [0.2, 0.25) is 0 Å². The number of ether oxygens (including phenoxy) is 2. The van der Waals surface area contributed by atoms with Crippen LogP contribution >= 0.6 is 0 Å². The first kappa shape index (κ1) is 13.3. The van der Waals surface area contributed by atoms with Crippen LogP contribution in [-0.4, -0.2) is 30.5 Å².